The van der Waals surface area contributed by atoms with Gasteiger partial charge in [-0.2, -0.15) is 0 Å². The largest absolute Gasteiger partial charge is 0.485 e. The number of amides is 1. The molecule has 0 aliphatic heterocycles. The molecule has 128 valence electrons. The number of carbonyl (C=O) groups is 1. The topological polar surface area (TPSA) is 64.1 Å². The van der Waals surface area contributed by atoms with E-state index in [4.69, 9.17) is 16.3 Å². The monoisotopic (exact) mass is 373 g/mol. The zero-order chi connectivity index (χ0) is 17.6. The number of halogens is 1. The summed E-state index contributed by atoms with van der Waals surface area (Å²) in [7, 11) is 0. The van der Waals surface area contributed by atoms with E-state index < -0.39 is 0 Å². The number of benzene rings is 1. The number of aromatic nitrogens is 2. The molecule has 0 radical (unpaired) electrons. The molecule has 1 aromatic carbocycles. The molecule has 1 N–H and O–H groups in total. The van der Waals surface area contributed by atoms with E-state index in [1.807, 2.05) is 31.2 Å². The number of ether oxygens (including phenoxy) is 1. The van der Waals surface area contributed by atoms with Gasteiger partial charge >= 0.3 is 0 Å². The van der Waals surface area contributed by atoms with Crippen molar-refractivity contribution in [1.82, 2.24) is 15.3 Å². The lowest BCUT2D eigenvalue weighted by Crippen LogP contribution is -2.22. The number of rotatable bonds is 6. The highest BCUT2D eigenvalue weighted by Crippen LogP contribution is 2.21. The number of hydrogen-bond acceptors (Lipinski definition) is 5. The number of nitrogens with one attached hydrogen (secondary N) is 1. The molecule has 0 bridgehead atoms. The van der Waals surface area contributed by atoms with Gasteiger partial charge in [-0.05, 0) is 30.7 Å². The normalized spacial score (nSPS) is 10.5. The maximum atomic E-state index is 12.4. The first kappa shape index (κ1) is 17.4. The number of nitrogens with zero attached hydrogens (tertiary/aromatic N) is 2. The molecule has 0 atom stereocenters. The SMILES string of the molecule is Cc1nc(COc2cccnc2)sc1C(=O)NCc1ccccc1Cl. The van der Waals surface area contributed by atoms with Crippen LogP contribution in [0.4, 0.5) is 0 Å². The van der Waals surface area contributed by atoms with E-state index in [1.54, 1.807) is 24.5 Å². The van der Waals surface area contributed by atoms with Crippen molar-refractivity contribution >= 4 is 28.8 Å². The lowest BCUT2D eigenvalue weighted by molar-refractivity contribution is 0.0954. The van der Waals surface area contributed by atoms with Gasteiger partial charge in [-0.3, -0.25) is 9.78 Å². The van der Waals surface area contributed by atoms with Crippen LogP contribution in [0.5, 0.6) is 5.75 Å². The summed E-state index contributed by atoms with van der Waals surface area (Å²) < 4.78 is 5.62. The van der Waals surface area contributed by atoms with Crippen molar-refractivity contribution in [3.05, 3.63) is 75.0 Å². The molecule has 3 rings (SSSR count). The van der Waals surface area contributed by atoms with E-state index in [0.29, 0.717) is 34.5 Å². The predicted molar refractivity (Wildman–Crippen MR) is 98.0 cm³/mol. The summed E-state index contributed by atoms with van der Waals surface area (Å²) >= 11 is 7.43. The fourth-order valence-corrected chi connectivity index (χ4v) is 3.30. The Balaban J connectivity index is 1.61. The lowest BCUT2D eigenvalue weighted by Gasteiger charge is -2.06. The molecule has 2 aromatic heterocycles. The van der Waals surface area contributed by atoms with Crippen molar-refractivity contribution in [2.45, 2.75) is 20.1 Å². The van der Waals surface area contributed by atoms with Crippen molar-refractivity contribution in [2.75, 3.05) is 0 Å². The molecule has 0 aliphatic carbocycles. The van der Waals surface area contributed by atoms with Crippen LogP contribution in [0.15, 0.2) is 48.8 Å². The van der Waals surface area contributed by atoms with Gasteiger partial charge in [0.2, 0.25) is 0 Å². The molecule has 0 saturated carbocycles. The van der Waals surface area contributed by atoms with Gasteiger partial charge in [-0.25, -0.2) is 4.98 Å². The second kappa shape index (κ2) is 8.09. The van der Waals surface area contributed by atoms with Crippen LogP contribution >= 0.6 is 22.9 Å². The van der Waals surface area contributed by atoms with Crippen molar-refractivity contribution in [2.24, 2.45) is 0 Å². The molecule has 0 fully saturated rings. The van der Waals surface area contributed by atoms with Crippen LogP contribution in [0.2, 0.25) is 5.02 Å². The van der Waals surface area contributed by atoms with E-state index in [9.17, 15) is 4.79 Å². The molecule has 2 heterocycles. The van der Waals surface area contributed by atoms with E-state index in [2.05, 4.69) is 15.3 Å². The first-order valence-electron chi connectivity index (χ1n) is 7.64. The maximum Gasteiger partial charge on any atom is 0.263 e. The molecule has 25 heavy (non-hydrogen) atoms. The highest BCUT2D eigenvalue weighted by Gasteiger charge is 2.15. The van der Waals surface area contributed by atoms with Gasteiger partial charge < -0.3 is 10.1 Å². The van der Waals surface area contributed by atoms with Gasteiger partial charge in [0, 0.05) is 17.8 Å². The van der Waals surface area contributed by atoms with Gasteiger partial charge in [0.15, 0.2) is 0 Å². The maximum absolute atomic E-state index is 12.4. The van der Waals surface area contributed by atoms with Crippen molar-refractivity contribution in [3.63, 3.8) is 0 Å². The summed E-state index contributed by atoms with van der Waals surface area (Å²) in [4.78, 5) is 21.4. The fraction of sp³-hybridized carbons (Fsp3) is 0.167. The Labute approximate surface area is 154 Å². The third-order valence-electron chi connectivity index (χ3n) is 3.44. The number of pyridine rings is 1. The number of hydrogen-bond donors (Lipinski definition) is 1. The Morgan fingerprint density at radius 2 is 2.12 bits per heavy atom. The summed E-state index contributed by atoms with van der Waals surface area (Å²) in [6.45, 7) is 2.49. The summed E-state index contributed by atoms with van der Waals surface area (Å²) in [5.74, 6) is 0.502. The quantitative estimate of drug-likeness (QED) is 0.709. The lowest BCUT2D eigenvalue weighted by atomic mass is 10.2. The van der Waals surface area contributed by atoms with Crippen molar-refractivity contribution < 1.29 is 9.53 Å². The fourth-order valence-electron chi connectivity index (χ4n) is 2.20. The Kier molecular flexibility index (Phi) is 5.63. The van der Waals surface area contributed by atoms with Crippen LogP contribution < -0.4 is 10.1 Å². The molecule has 1 amide bonds. The third-order valence-corrected chi connectivity index (χ3v) is 4.94. The highest BCUT2D eigenvalue weighted by molar-refractivity contribution is 7.13. The van der Waals surface area contributed by atoms with E-state index >= 15 is 0 Å². The number of thiazole rings is 1. The van der Waals surface area contributed by atoms with E-state index in [1.165, 1.54) is 11.3 Å². The molecule has 0 spiro atoms. The minimum atomic E-state index is -0.164. The Morgan fingerprint density at radius 1 is 1.28 bits per heavy atom. The van der Waals surface area contributed by atoms with E-state index in [-0.39, 0.29) is 5.91 Å². The average Bonchev–Trinajstić information content (AvgIpc) is 3.01. The summed E-state index contributed by atoms with van der Waals surface area (Å²) in [6, 6.07) is 11.1. The molecule has 0 aliphatic rings. The van der Waals surface area contributed by atoms with Crippen LogP contribution in [-0.2, 0) is 13.2 Å². The van der Waals surface area contributed by atoms with Gasteiger partial charge in [-0.15, -0.1) is 11.3 Å². The van der Waals surface area contributed by atoms with Crippen molar-refractivity contribution in [1.29, 1.82) is 0 Å². The average molecular weight is 374 g/mol. The zero-order valence-corrected chi connectivity index (χ0v) is 15.1. The summed E-state index contributed by atoms with van der Waals surface area (Å²) in [6.07, 6.45) is 3.32. The molecule has 0 unspecified atom stereocenters. The summed E-state index contributed by atoms with van der Waals surface area (Å²) in [5.41, 5.74) is 1.56. The number of carbonyl (C=O) groups excluding carboxylic acids is 1. The molecule has 3 aromatic rings. The molecule has 7 heteroatoms. The van der Waals surface area contributed by atoms with Crippen LogP contribution in [0.3, 0.4) is 0 Å². The van der Waals surface area contributed by atoms with Crippen LogP contribution in [0.1, 0.15) is 25.9 Å². The number of aryl methyl sites for hydroxylation is 1. The molecule has 5 nitrogen and oxygen atoms in total. The van der Waals surface area contributed by atoms with Gasteiger partial charge in [0.25, 0.3) is 5.91 Å². The van der Waals surface area contributed by atoms with E-state index in [0.717, 1.165) is 10.6 Å². The highest BCUT2D eigenvalue weighted by atomic mass is 35.5. The Bertz CT molecular complexity index is 868. The van der Waals surface area contributed by atoms with Gasteiger partial charge in [-0.1, -0.05) is 29.8 Å². The second-order valence-electron chi connectivity index (χ2n) is 5.27. The molecular weight excluding hydrogens is 358 g/mol. The van der Waals surface area contributed by atoms with Crippen LogP contribution in [0.25, 0.3) is 0 Å². The van der Waals surface area contributed by atoms with Gasteiger partial charge in [0.1, 0.15) is 22.2 Å². The molecule has 0 saturated heterocycles. The Hall–Kier alpha value is -2.44. The van der Waals surface area contributed by atoms with Crippen molar-refractivity contribution in [3.8, 4) is 5.75 Å². The second-order valence-corrected chi connectivity index (χ2v) is 6.76. The first-order valence-corrected chi connectivity index (χ1v) is 8.83. The third kappa shape index (κ3) is 4.55. The van der Waals surface area contributed by atoms with Gasteiger partial charge in [0.05, 0.1) is 11.9 Å². The van der Waals surface area contributed by atoms with Crippen LogP contribution in [-0.4, -0.2) is 15.9 Å². The standard InChI is InChI=1S/C18H16ClN3O2S/c1-12-17(18(23)21-9-13-5-2-3-7-15(13)19)25-16(22-12)11-24-14-6-4-8-20-10-14/h2-8,10H,9,11H2,1H3,(H,21,23). The summed E-state index contributed by atoms with van der Waals surface area (Å²) in [5, 5.41) is 4.25. The van der Waals surface area contributed by atoms with Crippen LogP contribution in [0, 0.1) is 6.92 Å². The minimum absolute atomic E-state index is 0.164. The molecular formula is C18H16ClN3O2S. The first-order chi connectivity index (χ1) is 12.1. The Morgan fingerprint density at radius 3 is 2.88 bits per heavy atom. The smallest absolute Gasteiger partial charge is 0.263 e. The minimum Gasteiger partial charge on any atom is -0.485 e. The zero-order valence-electron chi connectivity index (χ0n) is 13.5. The predicted octanol–water partition coefficient (Wildman–Crippen LogP) is 4.01.